The molecule has 0 spiro atoms. The van der Waals surface area contributed by atoms with Gasteiger partial charge in [-0.1, -0.05) is 43.7 Å². The molecule has 0 saturated heterocycles. The second kappa shape index (κ2) is 7.64. The molecule has 0 saturated carbocycles. The van der Waals surface area contributed by atoms with Gasteiger partial charge in [0, 0.05) is 5.56 Å². The lowest BCUT2D eigenvalue weighted by molar-refractivity contribution is 0.0947. The first kappa shape index (κ1) is 16.1. The van der Waals surface area contributed by atoms with Gasteiger partial charge in [0.2, 0.25) is 0 Å². The van der Waals surface area contributed by atoms with Crippen LogP contribution in [0, 0.1) is 6.92 Å². The number of ether oxygens (including phenoxy) is 1. The van der Waals surface area contributed by atoms with Crippen LogP contribution in [0.15, 0.2) is 48.5 Å². The molecule has 0 atom stereocenters. The molecule has 2 aromatic rings. The fourth-order valence-electron chi connectivity index (χ4n) is 2.09. The highest BCUT2D eigenvalue weighted by atomic mass is 16.5. The van der Waals surface area contributed by atoms with Crippen molar-refractivity contribution in [2.24, 2.45) is 0 Å². The van der Waals surface area contributed by atoms with Crippen LogP contribution in [0.3, 0.4) is 0 Å². The van der Waals surface area contributed by atoms with Gasteiger partial charge in [0.15, 0.2) is 0 Å². The van der Waals surface area contributed by atoms with Crippen LogP contribution in [0.5, 0.6) is 5.75 Å². The van der Waals surface area contributed by atoms with Crippen molar-refractivity contribution in [1.29, 1.82) is 0 Å². The Morgan fingerprint density at radius 3 is 2.27 bits per heavy atom. The van der Waals surface area contributed by atoms with E-state index in [1.54, 1.807) is 0 Å². The van der Waals surface area contributed by atoms with Crippen molar-refractivity contribution in [3.63, 3.8) is 0 Å². The fraction of sp³-hybridized carbons (Fsp3) is 0.316. The number of nitrogens with one attached hydrogen (secondary N) is 1. The summed E-state index contributed by atoms with van der Waals surface area (Å²) in [7, 11) is 0. The third kappa shape index (κ3) is 4.62. The Labute approximate surface area is 132 Å². The van der Waals surface area contributed by atoms with Crippen LogP contribution < -0.4 is 10.1 Å². The maximum atomic E-state index is 11.9. The van der Waals surface area contributed by atoms with Crippen molar-refractivity contribution < 1.29 is 9.53 Å². The van der Waals surface area contributed by atoms with Gasteiger partial charge in [0.05, 0.1) is 6.54 Å². The molecule has 1 amide bonds. The van der Waals surface area contributed by atoms with E-state index in [1.807, 2.05) is 43.3 Å². The normalized spacial score (nSPS) is 10.5. The molecular formula is C19H23NO2. The lowest BCUT2D eigenvalue weighted by Crippen LogP contribution is -2.28. The van der Waals surface area contributed by atoms with Crippen molar-refractivity contribution in [2.75, 3.05) is 13.2 Å². The molecule has 0 bridgehead atoms. The Bertz CT molecular complexity index is 600. The topological polar surface area (TPSA) is 38.3 Å². The van der Waals surface area contributed by atoms with Gasteiger partial charge in [0.1, 0.15) is 12.4 Å². The van der Waals surface area contributed by atoms with Crippen LogP contribution in [0.2, 0.25) is 0 Å². The second-order valence-corrected chi connectivity index (χ2v) is 5.69. The van der Waals surface area contributed by atoms with Gasteiger partial charge in [-0.15, -0.1) is 0 Å². The average molecular weight is 297 g/mol. The van der Waals surface area contributed by atoms with Gasteiger partial charge in [-0.25, -0.2) is 0 Å². The first-order valence-corrected chi connectivity index (χ1v) is 7.64. The van der Waals surface area contributed by atoms with E-state index in [0.29, 0.717) is 24.6 Å². The highest BCUT2D eigenvalue weighted by Gasteiger charge is 2.04. The van der Waals surface area contributed by atoms with Gasteiger partial charge >= 0.3 is 0 Å². The number of amides is 1. The van der Waals surface area contributed by atoms with Crippen LogP contribution in [0.1, 0.15) is 41.3 Å². The fourth-order valence-corrected chi connectivity index (χ4v) is 2.09. The minimum atomic E-state index is -0.0706. The van der Waals surface area contributed by atoms with Crippen molar-refractivity contribution in [1.82, 2.24) is 5.32 Å². The Morgan fingerprint density at radius 1 is 1.05 bits per heavy atom. The largest absolute Gasteiger partial charge is 0.492 e. The summed E-state index contributed by atoms with van der Waals surface area (Å²) in [6, 6.07) is 15.6. The lowest BCUT2D eigenvalue weighted by atomic mass is 10.0. The minimum Gasteiger partial charge on any atom is -0.492 e. The van der Waals surface area contributed by atoms with Crippen molar-refractivity contribution in [3.8, 4) is 5.75 Å². The molecule has 0 fully saturated rings. The summed E-state index contributed by atoms with van der Waals surface area (Å²) in [5, 5.41) is 2.85. The number of benzene rings is 2. The summed E-state index contributed by atoms with van der Waals surface area (Å²) in [5.74, 6) is 1.27. The van der Waals surface area contributed by atoms with Crippen LogP contribution in [0.4, 0.5) is 0 Å². The molecule has 0 aliphatic heterocycles. The van der Waals surface area contributed by atoms with E-state index >= 15 is 0 Å². The molecule has 22 heavy (non-hydrogen) atoms. The molecule has 1 N–H and O–H groups in total. The number of hydrogen-bond donors (Lipinski definition) is 1. The minimum absolute atomic E-state index is 0.0706. The van der Waals surface area contributed by atoms with Crippen LogP contribution in [0.25, 0.3) is 0 Å². The van der Waals surface area contributed by atoms with E-state index in [1.165, 1.54) is 5.56 Å². The molecule has 2 rings (SSSR count). The van der Waals surface area contributed by atoms with Gasteiger partial charge in [-0.3, -0.25) is 4.79 Å². The quantitative estimate of drug-likeness (QED) is 0.821. The molecular weight excluding hydrogens is 274 g/mol. The van der Waals surface area contributed by atoms with Gasteiger partial charge < -0.3 is 10.1 Å². The summed E-state index contributed by atoms with van der Waals surface area (Å²) in [4.78, 5) is 11.9. The van der Waals surface area contributed by atoms with Gasteiger partial charge in [-0.2, -0.15) is 0 Å². The molecule has 2 aromatic carbocycles. The molecule has 3 heteroatoms. The lowest BCUT2D eigenvalue weighted by Gasteiger charge is -2.10. The molecule has 0 radical (unpaired) electrons. The average Bonchev–Trinajstić information content (AvgIpc) is 2.52. The maximum absolute atomic E-state index is 11.9. The standard InChI is InChI=1S/C19H23NO2/c1-14(2)16-8-10-18(11-9-16)22-13-12-20-19(21)17-6-4-15(3)5-7-17/h4-11,14H,12-13H2,1-3H3,(H,20,21). The van der Waals surface area contributed by atoms with Gasteiger partial charge in [0.25, 0.3) is 5.91 Å². The van der Waals surface area contributed by atoms with E-state index in [2.05, 4.69) is 31.3 Å². The summed E-state index contributed by atoms with van der Waals surface area (Å²) < 4.78 is 5.63. The van der Waals surface area contributed by atoms with Crippen LogP contribution >= 0.6 is 0 Å². The van der Waals surface area contributed by atoms with E-state index in [0.717, 1.165) is 11.3 Å². The Morgan fingerprint density at radius 2 is 1.68 bits per heavy atom. The molecule has 0 aliphatic rings. The monoisotopic (exact) mass is 297 g/mol. The Kier molecular flexibility index (Phi) is 5.59. The van der Waals surface area contributed by atoms with Crippen molar-refractivity contribution in [2.45, 2.75) is 26.7 Å². The van der Waals surface area contributed by atoms with E-state index in [9.17, 15) is 4.79 Å². The third-order valence-corrected chi connectivity index (χ3v) is 3.52. The summed E-state index contributed by atoms with van der Waals surface area (Å²) in [6.45, 7) is 7.27. The summed E-state index contributed by atoms with van der Waals surface area (Å²) in [5.41, 5.74) is 3.11. The van der Waals surface area contributed by atoms with Crippen LogP contribution in [-0.4, -0.2) is 19.1 Å². The van der Waals surface area contributed by atoms with E-state index in [-0.39, 0.29) is 5.91 Å². The number of carbonyl (C=O) groups is 1. The van der Waals surface area contributed by atoms with E-state index in [4.69, 9.17) is 4.74 Å². The molecule has 3 nitrogen and oxygen atoms in total. The zero-order chi connectivity index (χ0) is 15.9. The van der Waals surface area contributed by atoms with Gasteiger partial charge in [-0.05, 0) is 42.7 Å². The molecule has 0 aliphatic carbocycles. The Hall–Kier alpha value is -2.29. The number of rotatable bonds is 6. The zero-order valence-electron chi connectivity index (χ0n) is 13.4. The van der Waals surface area contributed by atoms with Crippen molar-refractivity contribution >= 4 is 5.91 Å². The molecule has 116 valence electrons. The van der Waals surface area contributed by atoms with E-state index < -0.39 is 0 Å². The molecule has 0 unspecified atom stereocenters. The van der Waals surface area contributed by atoms with Crippen LogP contribution in [-0.2, 0) is 0 Å². The Balaban J connectivity index is 1.74. The number of carbonyl (C=O) groups excluding carboxylic acids is 1. The predicted octanol–water partition coefficient (Wildman–Crippen LogP) is 3.93. The summed E-state index contributed by atoms with van der Waals surface area (Å²) in [6.07, 6.45) is 0. The number of aryl methyl sites for hydroxylation is 1. The highest BCUT2D eigenvalue weighted by Crippen LogP contribution is 2.18. The second-order valence-electron chi connectivity index (χ2n) is 5.69. The summed E-state index contributed by atoms with van der Waals surface area (Å²) >= 11 is 0. The maximum Gasteiger partial charge on any atom is 0.251 e. The highest BCUT2D eigenvalue weighted by molar-refractivity contribution is 5.94. The van der Waals surface area contributed by atoms with Crippen molar-refractivity contribution in [3.05, 3.63) is 65.2 Å². The third-order valence-electron chi connectivity index (χ3n) is 3.52. The number of hydrogen-bond acceptors (Lipinski definition) is 2. The first-order valence-electron chi connectivity index (χ1n) is 7.64. The predicted molar refractivity (Wildman–Crippen MR) is 89.5 cm³/mol. The zero-order valence-corrected chi connectivity index (χ0v) is 13.4. The smallest absolute Gasteiger partial charge is 0.251 e. The first-order chi connectivity index (χ1) is 10.6. The molecule has 0 aromatic heterocycles. The molecule has 0 heterocycles. The SMILES string of the molecule is Cc1ccc(C(=O)NCCOc2ccc(C(C)C)cc2)cc1.